The number of benzene rings is 10. The Morgan fingerprint density at radius 2 is 0.654 bits per heavy atom. The largest absolute Gasteiger partial charge is 0.480 e. The van der Waals surface area contributed by atoms with E-state index in [2.05, 4.69) is 23.8 Å². The lowest BCUT2D eigenvalue weighted by Gasteiger charge is -2.20. The first kappa shape index (κ1) is 95.2. The van der Waals surface area contributed by atoms with Crippen molar-refractivity contribution in [1.82, 2.24) is 32.8 Å². The second kappa shape index (κ2) is 38.7. The maximum Gasteiger partial charge on any atom is 0.419 e. The lowest BCUT2D eigenvalue weighted by molar-refractivity contribution is -0.139. The number of hydrogen-bond donors (Lipinski definition) is 6. The maximum atomic E-state index is 13.7. The van der Waals surface area contributed by atoms with Gasteiger partial charge in [-0.25, -0.2) is 0 Å². The summed E-state index contributed by atoms with van der Waals surface area (Å²) in [7, 11) is 0. The molecule has 0 amide bonds. The molecule has 10 aromatic carbocycles. The average Bonchev–Trinajstić information content (AvgIpc) is 0.755. The lowest BCUT2D eigenvalue weighted by atomic mass is 9.94. The number of nitrogens with zero attached hydrogens (tertiary/aromatic N) is 7. The van der Waals surface area contributed by atoms with Gasteiger partial charge in [0.15, 0.2) is 27.1 Å². The number of carboxylic acid groups (broad SMARTS) is 5. The monoisotopic (exact) mass is 1940 g/mol. The van der Waals surface area contributed by atoms with Gasteiger partial charge in [0.25, 0.3) is 0 Å². The Kier molecular flexibility index (Phi) is 28.3. The minimum atomic E-state index is -4.85. The fourth-order valence-corrected chi connectivity index (χ4v) is 17.7. The Morgan fingerprint density at radius 1 is 0.338 bits per heavy atom. The third kappa shape index (κ3) is 18.9. The zero-order valence-corrected chi connectivity index (χ0v) is 75.5. The number of halogens is 12. The zero-order chi connectivity index (χ0) is 94.4. The van der Waals surface area contributed by atoms with Gasteiger partial charge in [0.2, 0.25) is 0 Å². The van der Waals surface area contributed by atoms with Crippen LogP contribution in [0.4, 0.5) is 13.2 Å². The molecule has 17 aromatic rings. The molecule has 17 rings (SSSR count). The second-order valence-corrected chi connectivity index (χ2v) is 34.1. The molecule has 7 aromatic heterocycles. The number of pyridine rings is 7. The van der Waals surface area contributed by atoms with Crippen LogP contribution in [0.5, 0.6) is 0 Å². The molecule has 0 aliphatic heterocycles. The molecule has 0 saturated carbocycles. The molecule has 664 valence electrons. The number of hydrogen-bond acceptors (Lipinski definition) is 13. The number of rotatable bonds is 15. The van der Waals surface area contributed by atoms with Gasteiger partial charge >= 0.3 is 36.0 Å². The SMILES string of the molecule is CC(C)c1ccc2c(=O)c3ccc(Cl)c(C(F)(F)F)c3n(CC(=O)O)c2c1.CC(O)c1ccc2c(=O)c3ccc(Cl)c(Cl)c3n(CC(=O)O)c2c1.Cc1c(C(C)C)ccc2c(=O)c3ccc(Cl)c(Cl)c3n(CC(=O)O)c12.O=C(O)Cn1c2cc(-c3cccnc3)ccc2c(=O)c2ccc(Cl)c(Cl)c21.O=C(O)Cn1c2cc(-c3ccncc3)ccc2c(=O)c2ccc(Cl)c(Cl)c21. The van der Waals surface area contributed by atoms with Gasteiger partial charge in [0.05, 0.1) is 112 Å². The average molecular weight is 1940 g/mol. The zero-order valence-electron chi connectivity index (χ0n) is 68.7. The van der Waals surface area contributed by atoms with Crippen molar-refractivity contribution >= 4 is 243 Å². The molecule has 1 atom stereocenters. The molecule has 1 unspecified atom stereocenters. The molecule has 130 heavy (non-hydrogen) atoms. The number of aryl methyl sites for hydroxylation is 1. The van der Waals surface area contributed by atoms with E-state index in [1.54, 1.807) is 127 Å². The van der Waals surface area contributed by atoms with Crippen molar-refractivity contribution in [3.63, 3.8) is 0 Å². The van der Waals surface area contributed by atoms with E-state index < -0.39 is 76.7 Å². The van der Waals surface area contributed by atoms with E-state index in [1.807, 2.05) is 57.2 Å². The van der Waals surface area contributed by atoms with Gasteiger partial charge in [0, 0.05) is 84.2 Å². The van der Waals surface area contributed by atoms with Gasteiger partial charge in [-0.05, 0) is 198 Å². The summed E-state index contributed by atoms with van der Waals surface area (Å²) < 4.78 is 48.1. The van der Waals surface area contributed by atoms with Crippen LogP contribution in [0, 0.1) is 6.92 Å². The molecule has 23 nitrogen and oxygen atoms in total. The van der Waals surface area contributed by atoms with Gasteiger partial charge in [-0.2, -0.15) is 13.2 Å². The standard InChI is InChI=1S/2C20H12Cl2N2O3.C19H17Cl2NO3.C19H15ClF3NO3.C17H13Cl2NO4/c21-15-4-3-14-19(18(15)22)24(10-17(25)26)16-9-12(1-2-13(16)20(14)27)11-5-7-23-8-6-11;21-15-6-5-14-19(18(15)22)24(10-17(25)26)16-8-11(3-4-13(16)20(14)27)12-2-1-7-23-9-12;1-9(2)11-4-5-12-17(10(11)3)22(8-15(23)24)18-13(19(12)25)6-7-14(20)16(18)21;1-9(2)10-3-4-11-14(7-10)24(8-15(25)26)17-12(18(11)27)5-6-13(20)16(17)19(21,22)23;1-8(21)9-2-3-10-13(6-9)20(7-14(22)23)16-11(17(10)24)4-5-12(18)15(16)19/h2*1-9H,10H2,(H,25,26);4-7,9H,8H2,1-3H3,(H,23,24);3-7,9H,8H2,1-2H3,(H,25,26);2-6,8,21H,7H2,1H3,(H,22,23). The molecule has 6 N–H and O–H groups in total. The first-order valence-corrected chi connectivity index (χ1v) is 42.6. The van der Waals surface area contributed by atoms with E-state index in [0.717, 1.165) is 49.6 Å². The van der Waals surface area contributed by atoms with Gasteiger partial charge in [-0.15, -0.1) is 0 Å². The molecule has 35 heteroatoms. The van der Waals surface area contributed by atoms with Gasteiger partial charge in [-0.3, -0.25) is 57.9 Å². The van der Waals surface area contributed by atoms with Gasteiger partial charge < -0.3 is 53.5 Å². The maximum absolute atomic E-state index is 13.7. The Balaban J connectivity index is 0.000000139. The number of aromatic nitrogens is 7. The van der Waals surface area contributed by atoms with Crippen molar-refractivity contribution < 1.29 is 67.8 Å². The van der Waals surface area contributed by atoms with Crippen molar-refractivity contribution in [1.29, 1.82) is 0 Å². The third-order valence-electron chi connectivity index (χ3n) is 21.7. The highest BCUT2D eigenvalue weighted by molar-refractivity contribution is 6.47. The normalized spacial score (nSPS) is 11.8. The van der Waals surface area contributed by atoms with Gasteiger partial charge in [-0.1, -0.05) is 169 Å². The summed E-state index contributed by atoms with van der Waals surface area (Å²) in [4.78, 5) is 130. The highest BCUT2D eigenvalue weighted by atomic mass is 35.5. The van der Waals surface area contributed by atoms with E-state index in [-0.39, 0.29) is 115 Å². The fraction of sp³-hybridized carbons (Fsp3) is 0.158. The van der Waals surface area contributed by atoms with Crippen LogP contribution in [0.3, 0.4) is 0 Å². The number of alkyl halides is 3. The van der Waals surface area contributed by atoms with E-state index in [0.29, 0.717) is 87.3 Å². The van der Waals surface area contributed by atoms with Crippen molar-refractivity contribution in [2.75, 3.05) is 0 Å². The van der Waals surface area contributed by atoms with Crippen LogP contribution in [0.1, 0.15) is 80.4 Å². The number of aliphatic hydroxyl groups is 1. The Labute approximate surface area is 777 Å². The summed E-state index contributed by atoms with van der Waals surface area (Å²) in [6, 6.07) is 45.9. The third-order valence-corrected chi connectivity index (χ3v) is 25.2. The Morgan fingerprint density at radius 3 is 1.02 bits per heavy atom. The van der Waals surface area contributed by atoms with Gasteiger partial charge in [0.1, 0.15) is 32.7 Å². The Hall–Kier alpha value is -12.4. The predicted molar refractivity (Wildman–Crippen MR) is 507 cm³/mol. The summed E-state index contributed by atoms with van der Waals surface area (Å²) in [6.45, 7) is 9.23. The first-order valence-electron chi connectivity index (χ1n) is 39.2. The van der Waals surface area contributed by atoms with Crippen molar-refractivity contribution in [2.45, 2.75) is 98.4 Å². The smallest absolute Gasteiger partial charge is 0.419 e. The molecule has 7 heterocycles. The van der Waals surface area contributed by atoms with Crippen LogP contribution in [-0.4, -0.2) is 93.3 Å². The van der Waals surface area contributed by atoms with Crippen molar-refractivity contribution in [3.05, 3.63) is 319 Å². The van der Waals surface area contributed by atoms with E-state index in [4.69, 9.17) is 104 Å². The predicted octanol–water partition coefficient (Wildman–Crippen LogP) is 22.8. The first-order chi connectivity index (χ1) is 61.5. The summed E-state index contributed by atoms with van der Waals surface area (Å²) in [6.07, 6.45) is 1.09. The highest BCUT2D eigenvalue weighted by Crippen LogP contribution is 2.43. The summed E-state index contributed by atoms with van der Waals surface area (Å²) in [5.41, 5.74) is 6.79. The molecule has 0 spiro atoms. The van der Waals surface area contributed by atoms with E-state index in [1.165, 1.54) is 50.1 Å². The number of aliphatic hydroxyl groups excluding tert-OH is 1. The topological polar surface area (TPSA) is 343 Å². The van der Waals surface area contributed by atoms with Crippen LogP contribution in [-0.2, 0) is 62.9 Å². The Bertz CT molecular complexity index is 7750. The van der Waals surface area contributed by atoms with E-state index >= 15 is 0 Å². The summed E-state index contributed by atoms with van der Waals surface area (Å²) in [5.74, 6) is -5.25. The highest BCUT2D eigenvalue weighted by Gasteiger charge is 2.38. The summed E-state index contributed by atoms with van der Waals surface area (Å²) >= 11 is 55.5. The van der Waals surface area contributed by atoms with Crippen LogP contribution in [0.15, 0.2) is 219 Å². The van der Waals surface area contributed by atoms with Crippen LogP contribution < -0.4 is 27.1 Å². The molecule has 0 radical (unpaired) electrons. The molecular weight excluding hydrogens is 1870 g/mol. The van der Waals surface area contributed by atoms with Crippen molar-refractivity contribution in [3.8, 4) is 22.3 Å². The lowest BCUT2D eigenvalue weighted by Crippen LogP contribution is -2.20. The fourth-order valence-electron chi connectivity index (χ4n) is 15.8. The minimum Gasteiger partial charge on any atom is -0.480 e. The molecule has 0 aliphatic rings. The number of carbonyl (C=O) groups is 5. The van der Waals surface area contributed by atoms with Crippen LogP contribution >= 0.6 is 104 Å². The molecule has 0 saturated heterocycles. The molecular formula is C95H69Cl9F3N7O16. The van der Waals surface area contributed by atoms with E-state index in [9.17, 15) is 91.8 Å². The van der Waals surface area contributed by atoms with Crippen LogP contribution in [0.25, 0.3) is 131 Å². The van der Waals surface area contributed by atoms with Crippen LogP contribution in [0.2, 0.25) is 45.2 Å². The number of aliphatic carboxylic acids is 5. The second-order valence-electron chi connectivity index (χ2n) is 30.5. The molecule has 0 fully saturated rings. The quantitative estimate of drug-likeness (QED) is 0.0519. The van der Waals surface area contributed by atoms with Crippen molar-refractivity contribution in [2.24, 2.45) is 0 Å². The number of fused-ring (bicyclic) bond motifs is 10. The number of carboxylic acids is 5. The molecule has 0 aliphatic carbocycles. The minimum absolute atomic E-state index is 0.0416. The molecule has 0 bridgehead atoms. The summed E-state index contributed by atoms with van der Waals surface area (Å²) in [5, 5.41) is 60.5.